The van der Waals surface area contributed by atoms with Crippen LogP contribution in [0.25, 0.3) is 0 Å². The molecule has 1 atom stereocenters. The lowest BCUT2D eigenvalue weighted by molar-refractivity contribution is -0.386. The lowest BCUT2D eigenvalue weighted by atomic mass is 10.2. The first-order chi connectivity index (χ1) is 12.6. The molecule has 1 amide bonds. The van der Waals surface area contributed by atoms with Crippen molar-refractivity contribution in [2.24, 2.45) is 0 Å². The van der Waals surface area contributed by atoms with E-state index >= 15 is 0 Å². The van der Waals surface area contributed by atoms with Crippen molar-refractivity contribution in [1.82, 2.24) is 9.78 Å². The number of nitrogens with zero attached hydrogens (tertiary/aromatic N) is 3. The fraction of sp³-hybridized carbons (Fsp3) is 0.353. The Morgan fingerprint density at radius 1 is 1.37 bits per heavy atom. The Labute approximate surface area is 160 Å². The number of halogens is 1. The quantitative estimate of drug-likeness (QED) is 0.457. The number of rotatable bonds is 6. The highest BCUT2D eigenvalue weighted by molar-refractivity contribution is 6.31. The van der Waals surface area contributed by atoms with Gasteiger partial charge in [0.2, 0.25) is 0 Å². The van der Waals surface area contributed by atoms with E-state index in [1.165, 1.54) is 25.5 Å². The second-order valence-corrected chi connectivity index (χ2v) is 6.38. The second kappa shape index (κ2) is 8.17. The van der Waals surface area contributed by atoms with E-state index in [-0.39, 0.29) is 23.6 Å². The summed E-state index contributed by atoms with van der Waals surface area (Å²) >= 11 is 6.01. The summed E-state index contributed by atoms with van der Waals surface area (Å²) in [5.74, 6) is -1.26. The SMILES string of the molecule is Cc1nn(CC(=O)O[C@@H](C)C(=O)Nc2cccc(Cl)c2C)c(C)c1[N+](=O)[O-]. The molecule has 1 heterocycles. The predicted octanol–water partition coefficient (Wildman–Crippen LogP) is 2.94. The van der Waals surface area contributed by atoms with Crippen molar-refractivity contribution < 1.29 is 19.2 Å². The van der Waals surface area contributed by atoms with Gasteiger partial charge in [-0.15, -0.1) is 0 Å². The van der Waals surface area contributed by atoms with Crippen LogP contribution in [0.15, 0.2) is 18.2 Å². The van der Waals surface area contributed by atoms with Crippen molar-refractivity contribution in [1.29, 1.82) is 0 Å². The minimum atomic E-state index is -1.07. The third-order valence-corrected chi connectivity index (χ3v) is 4.42. The molecule has 27 heavy (non-hydrogen) atoms. The Kier molecular flexibility index (Phi) is 6.17. The maximum absolute atomic E-state index is 12.2. The number of esters is 1. The average molecular weight is 395 g/mol. The number of anilines is 1. The summed E-state index contributed by atoms with van der Waals surface area (Å²) in [5.41, 5.74) is 1.50. The van der Waals surface area contributed by atoms with E-state index in [4.69, 9.17) is 16.3 Å². The van der Waals surface area contributed by atoms with Crippen molar-refractivity contribution in [2.75, 3.05) is 5.32 Å². The van der Waals surface area contributed by atoms with Crippen LogP contribution in [-0.4, -0.2) is 32.7 Å². The topological polar surface area (TPSA) is 116 Å². The van der Waals surface area contributed by atoms with Gasteiger partial charge in [0.15, 0.2) is 6.10 Å². The summed E-state index contributed by atoms with van der Waals surface area (Å²) in [6.45, 7) is 5.81. The van der Waals surface area contributed by atoms with Gasteiger partial charge in [-0.2, -0.15) is 5.10 Å². The van der Waals surface area contributed by atoms with Crippen LogP contribution >= 0.6 is 11.6 Å². The molecule has 0 radical (unpaired) electrons. The van der Waals surface area contributed by atoms with Crippen LogP contribution in [-0.2, 0) is 20.9 Å². The van der Waals surface area contributed by atoms with Crippen LogP contribution in [0.2, 0.25) is 5.02 Å². The molecule has 0 bridgehead atoms. The number of nitro groups is 1. The number of nitrogens with one attached hydrogen (secondary N) is 1. The molecular formula is C17H19ClN4O5. The van der Waals surface area contributed by atoms with Gasteiger partial charge in [0, 0.05) is 10.7 Å². The molecule has 1 aromatic carbocycles. The third-order valence-electron chi connectivity index (χ3n) is 4.01. The Bertz CT molecular complexity index is 909. The summed E-state index contributed by atoms with van der Waals surface area (Å²) in [6.07, 6.45) is -1.07. The number of hydrogen-bond acceptors (Lipinski definition) is 6. The summed E-state index contributed by atoms with van der Waals surface area (Å²) in [6, 6.07) is 5.07. The molecule has 0 saturated carbocycles. The molecule has 0 aliphatic heterocycles. The van der Waals surface area contributed by atoms with E-state index in [0.717, 1.165) is 0 Å². The lowest BCUT2D eigenvalue weighted by Gasteiger charge is -2.15. The van der Waals surface area contributed by atoms with Gasteiger partial charge in [-0.1, -0.05) is 17.7 Å². The van der Waals surface area contributed by atoms with E-state index < -0.39 is 22.9 Å². The monoisotopic (exact) mass is 394 g/mol. The molecule has 0 aliphatic carbocycles. The Balaban J connectivity index is 2.01. The zero-order chi connectivity index (χ0) is 20.3. The molecule has 9 nitrogen and oxygen atoms in total. The Morgan fingerprint density at radius 2 is 2.04 bits per heavy atom. The van der Waals surface area contributed by atoms with Crippen molar-refractivity contribution in [2.45, 2.75) is 40.3 Å². The third kappa shape index (κ3) is 4.62. The summed E-state index contributed by atoms with van der Waals surface area (Å²) in [5, 5.41) is 18.1. The first-order valence-electron chi connectivity index (χ1n) is 8.05. The largest absolute Gasteiger partial charge is 0.451 e. The number of benzene rings is 1. The molecule has 2 aromatic rings. The van der Waals surface area contributed by atoms with Crippen LogP contribution < -0.4 is 5.32 Å². The molecule has 2 rings (SSSR count). The Morgan fingerprint density at radius 3 is 2.63 bits per heavy atom. The molecule has 0 saturated heterocycles. The van der Waals surface area contributed by atoms with Crippen LogP contribution in [0, 0.1) is 30.9 Å². The highest BCUT2D eigenvalue weighted by atomic mass is 35.5. The summed E-state index contributed by atoms with van der Waals surface area (Å²) in [4.78, 5) is 34.8. The number of aromatic nitrogens is 2. The minimum Gasteiger partial charge on any atom is -0.451 e. The number of amides is 1. The van der Waals surface area contributed by atoms with E-state index in [1.54, 1.807) is 25.1 Å². The van der Waals surface area contributed by atoms with Crippen LogP contribution in [0.5, 0.6) is 0 Å². The van der Waals surface area contributed by atoms with E-state index in [2.05, 4.69) is 10.4 Å². The van der Waals surface area contributed by atoms with Crippen LogP contribution in [0.3, 0.4) is 0 Å². The average Bonchev–Trinajstić information content (AvgIpc) is 2.85. The number of carbonyl (C=O) groups is 2. The maximum atomic E-state index is 12.2. The molecule has 0 fully saturated rings. The number of aryl methyl sites for hydroxylation is 1. The molecular weight excluding hydrogens is 376 g/mol. The lowest BCUT2D eigenvalue weighted by Crippen LogP contribution is -2.31. The van der Waals surface area contributed by atoms with Gasteiger partial charge < -0.3 is 10.1 Å². The maximum Gasteiger partial charge on any atom is 0.328 e. The number of ether oxygens (including phenoxy) is 1. The van der Waals surface area contributed by atoms with Gasteiger partial charge >= 0.3 is 11.7 Å². The molecule has 0 aliphatic rings. The standard InChI is InChI=1S/C17H19ClN4O5/c1-9-13(18)6-5-7-14(9)19-17(24)12(4)27-15(23)8-21-11(3)16(22(25)26)10(2)20-21/h5-7,12H,8H2,1-4H3,(H,19,24)/t12-/m0/s1. The number of carbonyl (C=O) groups excluding carboxylic acids is 2. The van der Waals surface area contributed by atoms with E-state index in [0.29, 0.717) is 16.3 Å². The molecule has 144 valence electrons. The van der Waals surface area contributed by atoms with E-state index in [9.17, 15) is 19.7 Å². The first-order valence-corrected chi connectivity index (χ1v) is 8.43. The molecule has 1 N–H and O–H groups in total. The zero-order valence-corrected chi connectivity index (χ0v) is 16.0. The minimum absolute atomic E-state index is 0.148. The van der Waals surface area contributed by atoms with Crippen molar-refractivity contribution >= 4 is 34.9 Å². The smallest absolute Gasteiger partial charge is 0.328 e. The number of hydrogen-bond donors (Lipinski definition) is 1. The Hall–Kier alpha value is -2.94. The second-order valence-electron chi connectivity index (χ2n) is 5.97. The fourth-order valence-electron chi connectivity index (χ4n) is 2.49. The van der Waals surface area contributed by atoms with Crippen molar-refractivity contribution in [3.63, 3.8) is 0 Å². The van der Waals surface area contributed by atoms with Gasteiger partial charge in [0.1, 0.15) is 17.9 Å². The highest BCUT2D eigenvalue weighted by Gasteiger charge is 2.24. The summed E-state index contributed by atoms with van der Waals surface area (Å²) < 4.78 is 6.29. The van der Waals surface area contributed by atoms with Gasteiger partial charge in [-0.3, -0.25) is 24.4 Å². The van der Waals surface area contributed by atoms with Crippen molar-refractivity contribution in [3.8, 4) is 0 Å². The first kappa shape index (κ1) is 20.4. The predicted molar refractivity (Wildman–Crippen MR) is 98.7 cm³/mol. The van der Waals surface area contributed by atoms with Crippen LogP contribution in [0.4, 0.5) is 11.4 Å². The highest BCUT2D eigenvalue weighted by Crippen LogP contribution is 2.23. The normalized spacial score (nSPS) is 11.7. The van der Waals surface area contributed by atoms with Crippen LogP contribution in [0.1, 0.15) is 23.9 Å². The summed E-state index contributed by atoms with van der Waals surface area (Å²) in [7, 11) is 0. The van der Waals surface area contributed by atoms with Gasteiger partial charge in [0.05, 0.1) is 4.92 Å². The molecule has 0 unspecified atom stereocenters. The van der Waals surface area contributed by atoms with Crippen molar-refractivity contribution in [3.05, 3.63) is 50.3 Å². The van der Waals surface area contributed by atoms with Gasteiger partial charge in [-0.25, -0.2) is 0 Å². The van der Waals surface area contributed by atoms with E-state index in [1.807, 2.05) is 0 Å². The fourth-order valence-corrected chi connectivity index (χ4v) is 2.67. The molecule has 10 heteroatoms. The zero-order valence-electron chi connectivity index (χ0n) is 15.3. The molecule has 1 aromatic heterocycles. The van der Waals surface area contributed by atoms with Gasteiger partial charge in [0.25, 0.3) is 5.91 Å². The van der Waals surface area contributed by atoms with Gasteiger partial charge in [-0.05, 0) is 45.4 Å². The molecule has 0 spiro atoms.